The van der Waals surface area contributed by atoms with Gasteiger partial charge in [0.05, 0.1) is 0 Å². The lowest BCUT2D eigenvalue weighted by Crippen LogP contribution is -2.52. The highest BCUT2D eigenvalue weighted by molar-refractivity contribution is 7.58. The van der Waals surface area contributed by atoms with E-state index in [0.29, 0.717) is 12.8 Å². The van der Waals surface area contributed by atoms with Crippen LogP contribution < -0.4 is 0 Å². The average Bonchev–Trinajstić information content (AvgIpc) is 2.25. The molecular formula is C15H38NO4PSi3. The second-order valence-corrected chi connectivity index (χ2v) is 26.0. The molecule has 0 spiro atoms. The monoisotopic (exact) mass is 411 g/mol. The fourth-order valence-electron chi connectivity index (χ4n) is 2.88. The number of hydrogen-bond donors (Lipinski definition) is 0. The predicted molar refractivity (Wildman–Crippen MR) is 110 cm³/mol. The largest absolute Gasteiger partial charge is 0.401 e. The van der Waals surface area contributed by atoms with Gasteiger partial charge in [0, 0.05) is 13.1 Å². The smallest absolute Gasteiger partial charge is 0.341 e. The first kappa shape index (κ1) is 22.8. The number of rotatable bonds is 7. The molecule has 0 radical (unpaired) electrons. The molecule has 0 N–H and O–H groups in total. The Balaban J connectivity index is 3.36. The summed E-state index contributed by atoms with van der Waals surface area (Å²) in [6.45, 7) is 20.6. The van der Waals surface area contributed by atoms with Crippen molar-refractivity contribution in [2.45, 2.75) is 77.1 Å². The van der Waals surface area contributed by atoms with Gasteiger partial charge in [0.1, 0.15) is 0 Å². The highest BCUT2D eigenvalue weighted by Gasteiger charge is 2.57. The van der Waals surface area contributed by atoms with Gasteiger partial charge in [-0.05, 0) is 78.8 Å². The first-order valence-corrected chi connectivity index (χ1v) is 20.6. The first-order chi connectivity index (χ1) is 10.5. The summed E-state index contributed by atoms with van der Waals surface area (Å²) in [6.07, 6.45) is 1.42. The van der Waals surface area contributed by atoms with E-state index in [9.17, 15) is 4.57 Å². The van der Waals surface area contributed by atoms with Crippen LogP contribution in [0, 0.1) is 0 Å². The normalized spacial score (nSPS) is 21.1. The number of piperidine rings is 1. The van der Waals surface area contributed by atoms with Crippen molar-refractivity contribution in [1.29, 1.82) is 0 Å². The Morgan fingerprint density at radius 3 is 1.46 bits per heavy atom. The summed E-state index contributed by atoms with van der Waals surface area (Å²) in [5, 5.41) is -0.787. The van der Waals surface area contributed by atoms with E-state index in [2.05, 4.69) is 70.9 Å². The van der Waals surface area contributed by atoms with Crippen molar-refractivity contribution >= 4 is 32.5 Å². The minimum Gasteiger partial charge on any atom is -0.401 e. The van der Waals surface area contributed by atoms with Crippen LogP contribution in [0.1, 0.15) is 12.8 Å². The van der Waals surface area contributed by atoms with Gasteiger partial charge in [-0.25, -0.2) is 0 Å². The van der Waals surface area contributed by atoms with E-state index in [1.807, 2.05) is 0 Å². The molecule has 0 aromatic heterocycles. The summed E-state index contributed by atoms with van der Waals surface area (Å²) in [5.74, 6) is 0. The Morgan fingerprint density at radius 1 is 0.792 bits per heavy atom. The van der Waals surface area contributed by atoms with Crippen molar-refractivity contribution in [1.82, 2.24) is 4.90 Å². The third kappa shape index (κ3) is 6.79. The summed E-state index contributed by atoms with van der Waals surface area (Å²) < 4.78 is 33.4. The van der Waals surface area contributed by atoms with Gasteiger partial charge >= 0.3 is 7.60 Å². The van der Waals surface area contributed by atoms with Gasteiger partial charge < -0.3 is 17.8 Å². The van der Waals surface area contributed by atoms with Crippen LogP contribution in [0.3, 0.4) is 0 Å². The molecule has 0 bridgehead atoms. The zero-order chi connectivity index (χ0) is 19.0. The van der Waals surface area contributed by atoms with Crippen molar-refractivity contribution in [3.05, 3.63) is 0 Å². The Hall–Kier alpha value is 0.721. The van der Waals surface area contributed by atoms with Gasteiger partial charge in [-0.2, -0.15) is 0 Å². The molecule has 0 aromatic rings. The Kier molecular flexibility index (Phi) is 7.00. The molecule has 0 aliphatic carbocycles. The molecule has 5 nitrogen and oxygen atoms in total. The molecule has 9 heteroatoms. The number of nitrogens with zero attached hydrogens (tertiary/aromatic N) is 1. The molecule has 1 aliphatic rings. The molecule has 0 atom stereocenters. The lowest BCUT2D eigenvalue weighted by molar-refractivity contribution is 0.0489. The number of likely N-dealkylation sites (tertiary alicyclic amines) is 1. The Morgan fingerprint density at radius 2 is 1.17 bits per heavy atom. The fourth-order valence-corrected chi connectivity index (χ4v) is 13.8. The minimum atomic E-state index is -3.38. The molecule has 1 saturated heterocycles. The van der Waals surface area contributed by atoms with E-state index >= 15 is 0 Å². The molecule has 1 heterocycles. The molecule has 1 aliphatic heterocycles. The van der Waals surface area contributed by atoms with E-state index < -0.39 is 37.9 Å². The van der Waals surface area contributed by atoms with Gasteiger partial charge in [-0.15, -0.1) is 0 Å². The van der Waals surface area contributed by atoms with Crippen LogP contribution in [0.4, 0.5) is 0 Å². The molecule has 0 unspecified atom stereocenters. The summed E-state index contributed by atoms with van der Waals surface area (Å²) in [4.78, 5) is 2.26. The molecule has 0 aromatic carbocycles. The van der Waals surface area contributed by atoms with Gasteiger partial charge in [0.15, 0.2) is 30.3 Å². The third-order valence-corrected chi connectivity index (χ3v) is 12.6. The molecule has 0 saturated carbocycles. The lowest BCUT2D eigenvalue weighted by atomic mass is 10.1. The maximum Gasteiger partial charge on any atom is 0.341 e. The molecular weight excluding hydrogens is 373 g/mol. The van der Waals surface area contributed by atoms with E-state index in [1.165, 1.54) is 0 Å². The zero-order valence-electron chi connectivity index (χ0n) is 17.4. The quantitative estimate of drug-likeness (QED) is 0.428. The van der Waals surface area contributed by atoms with Crippen LogP contribution in [0.25, 0.3) is 0 Å². The van der Waals surface area contributed by atoms with Gasteiger partial charge in [0.25, 0.3) is 0 Å². The van der Waals surface area contributed by atoms with Crippen LogP contribution in [0.15, 0.2) is 0 Å². The third-order valence-electron chi connectivity index (χ3n) is 3.55. The van der Waals surface area contributed by atoms with Crippen molar-refractivity contribution in [3.8, 4) is 0 Å². The maximum absolute atomic E-state index is 14.2. The van der Waals surface area contributed by atoms with E-state index in [4.69, 9.17) is 12.9 Å². The van der Waals surface area contributed by atoms with Crippen molar-refractivity contribution in [2.75, 3.05) is 20.1 Å². The maximum atomic E-state index is 14.2. The summed E-state index contributed by atoms with van der Waals surface area (Å²) >= 11 is 0. The average molecular weight is 412 g/mol. The van der Waals surface area contributed by atoms with Crippen LogP contribution in [-0.2, 0) is 17.4 Å². The topological polar surface area (TPSA) is 48.0 Å². The second-order valence-electron chi connectivity index (χ2n) is 9.87. The predicted octanol–water partition coefficient (Wildman–Crippen LogP) is 5.16. The molecule has 144 valence electrons. The van der Waals surface area contributed by atoms with E-state index in [0.717, 1.165) is 13.1 Å². The zero-order valence-corrected chi connectivity index (χ0v) is 21.3. The summed E-state index contributed by atoms with van der Waals surface area (Å²) in [6, 6.07) is 0. The van der Waals surface area contributed by atoms with Gasteiger partial charge in [-0.1, -0.05) is 0 Å². The lowest BCUT2D eigenvalue weighted by Gasteiger charge is -2.49. The highest BCUT2D eigenvalue weighted by atomic mass is 31.2. The molecule has 1 fully saturated rings. The summed E-state index contributed by atoms with van der Waals surface area (Å²) in [7, 11) is -7.32. The second kappa shape index (κ2) is 7.38. The number of hydrogen-bond acceptors (Lipinski definition) is 5. The van der Waals surface area contributed by atoms with Crippen LogP contribution in [-0.4, -0.2) is 55.3 Å². The van der Waals surface area contributed by atoms with Crippen LogP contribution >= 0.6 is 7.60 Å². The Bertz CT molecular complexity index is 455. The van der Waals surface area contributed by atoms with E-state index in [1.54, 1.807) is 0 Å². The van der Waals surface area contributed by atoms with E-state index in [-0.39, 0.29) is 0 Å². The standard InChI is InChI=1S/C15H38NO4PSi3/c1-16-13-11-15(12-14-16,18-22(2,3)4)21(17,19-23(5,6)7)20-24(8,9)10/h11-14H2,1-10H3. The van der Waals surface area contributed by atoms with Crippen LogP contribution in [0.2, 0.25) is 58.9 Å². The molecule has 24 heavy (non-hydrogen) atoms. The Labute approximate surface area is 152 Å². The summed E-state index contributed by atoms with van der Waals surface area (Å²) in [5.41, 5.74) is 0. The van der Waals surface area contributed by atoms with Crippen LogP contribution in [0.5, 0.6) is 0 Å². The fraction of sp³-hybridized carbons (Fsp3) is 1.00. The molecule has 1 rings (SSSR count). The highest BCUT2D eigenvalue weighted by Crippen LogP contribution is 2.67. The van der Waals surface area contributed by atoms with Crippen molar-refractivity contribution < 1.29 is 17.4 Å². The van der Waals surface area contributed by atoms with Crippen molar-refractivity contribution in [3.63, 3.8) is 0 Å². The van der Waals surface area contributed by atoms with Gasteiger partial charge in [0.2, 0.25) is 0 Å². The van der Waals surface area contributed by atoms with Gasteiger partial charge in [-0.3, -0.25) is 4.57 Å². The molecule has 0 amide bonds. The van der Waals surface area contributed by atoms with Crippen molar-refractivity contribution in [2.24, 2.45) is 0 Å². The first-order valence-electron chi connectivity index (χ1n) is 8.87. The SMILES string of the molecule is CN1CCC(O[Si](C)(C)C)(P(=O)(O[Si](C)(C)C)O[Si](C)(C)C)CC1. The minimum absolute atomic E-state index is 0.708.